The molecule has 1 aromatic carbocycles. The minimum absolute atomic E-state index is 0.0407. The third kappa shape index (κ3) is 3.81. The Hall–Kier alpha value is -0.530. The van der Waals surface area contributed by atoms with Gasteiger partial charge in [0, 0.05) is 6.54 Å². The van der Waals surface area contributed by atoms with E-state index in [2.05, 4.69) is 4.72 Å². The van der Waals surface area contributed by atoms with Crippen molar-refractivity contribution in [1.29, 1.82) is 0 Å². The van der Waals surface area contributed by atoms with Gasteiger partial charge in [0.05, 0.1) is 21.8 Å². The van der Waals surface area contributed by atoms with Gasteiger partial charge in [-0.25, -0.2) is 13.1 Å². The smallest absolute Gasteiger partial charge is 0.242 e. The molecule has 1 aromatic rings. The van der Waals surface area contributed by atoms with E-state index in [1.807, 2.05) is 0 Å². The van der Waals surface area contributed by atoms with Crippen molar-refractivity contribution in [1.82, 2.24) is 4.72 Å². The highest BCUT2D eigenvalue weighted by Crippen LogP contribution is 2.33. The topological polar surface area (TPSA) is 92.4 Å². The van der Waals surface area contributed by atoms with Gasteiger partial charge in [0.1, 0.15) is 4.90 Å². The molecule has 1 saturated carbocycles. The number of nitrogens with one attached hydrogen (secondary N) is 1. The zero-order chi connectivity index (χ0) is 15.6. The van der Waals surface area contributed by atoms with Crippen molar-refractivity contribution in [2.75, 3.05) is 12.3 Å². The molecule has 8 heteroatoms. The Morgan fingerprint density at radius 2 is 1.95 bits per heavy atom. The van der Waals surface area contributed by atoms with Crippen LogP contribution in [0.25, 0.3) is 0 Å². The second-order valence-corrected chi connectivity index (χ2v) is 7.76. The lowest BCUT2D eigenvalue weighted by Crippen LogP contribution is -2.36. The molecular formula is C13H18Cl2N2O3S. The summed E-state index contributed by atoms with van der Waals surface area (Å²) in [6.45, 7) is 0.183. The number of aliphatic hydroxyl groups excluding tert-OH is 1. The summed E-state index contributed by atoms with van der Waals surface area (Å²) in [5.74, 6) is -0.0723. The highest BCUT2D eigenvalue weighted by Gasteiger charge is 2.26. The number of nitrogen functional groups attached to an aromatic ring is 1. The van der Waals surface area contributed by atoms with Gasteiger partial charge in [-0.3, -0.25) is 0 Å². The van der Waals surface area contributed by atoms with Crippen molar-refractivity contribution in [2.45, 2.75) is 36.7 Å². The van der Waals surface area contributed by atoms with Gasteiger partial charge in [0.25, 0.3) is 0 Å². The molecule has 2 atom stereocenters. The maximum Gasteiger partial charge on any atom is 0.242 e. The molecule has 0 saturated heterocycles. The van der Waals surface area contributed by atoms with Crippen molar-refractivity contribution < 1.29 is 13.5 Å². The quantitative estimate of drug-likeness (QED) is 0.725. The normalized spacial score (nSPS) is 23.2. The zero-order valence-corrected chi connectivity index (χ0v) is 13.7. The van der Waals surface area contributed by atoms with Crippen LogP contribution in [-0.2, 0) is 10.0 Å². The van der Waals surface area contributed by atoms with E-state index in [0.29, 0.717) is 6.42 Å². The zero-order valence-electron chi connectivity index (χ0n) is 11.4. The Kier molecular flexibility index (Phi) is 5.38. The number of sulfonamides is 1. The van der Waals surface area contributed by atoms with E-state index in [-0.39, 0.29) is 33.1 Å². The van der Waals surface area contributed by atoms with Crippen molar-refractivity contribution >= 4 is 38.9 Å². The van der Waals surface area contributed by atoms with Crippen LogP contribution in [0.4, 0.5) is 5.69 Å². The number of rotatable bonds is 4. The van der Waals surface area contributed by atoms with Crippen LogP contribution in [0.3, 0.4) is 0 Å². The standard InChI is InChI=1S/C13H18Cl2N2O3S/c14-9-5-6-11(12(15)13(9)16)21(19,20)17-7-8-3-1-2-4-10(8)18/h5-6,8,10,17-18H,1-4,7,16H2. The molecule has 0 aliphatic heterocycles. The number of benzene rings is 1. The van der Waals surface area contributed by atoms with E-state index in [9.17, 15) is 13.5 Å². The predicted octanol–water partition coefficient (Wildman–Crippen LogP) is 2.41. The molecule has 1 fully saturated rings. The molecule has 5 nitrogen and oxygen atoms in total. The summed E-state index contributed by atoms with van der Waals surface area (Å²) < 4.78 is 27.1. The highest BCUT2D eigenvalue weighted by atomic mass is 35.5. The molecule has 0 spiro atoms. The average molecular weight is 353 g/mol. The summed E-state index contributed by atoms with van der Waals surface area (Å²) in [5.41, 5.74) is 5.68. The maximum atomic E-state index is 12.3. The van der Waals surface area contributed by atoms with E-state index in [1.165, 1.54) is 12.1 Å². The molecule has 21 heavy (non-hydrogen) atoms. The van der Waals surface area contributed by atoms with Gasteiger partial charge in [-0.2, -0.15) is 0 Å². The molecule has 2 rings (SSSR count). The molecule has 0 aromatic heterocycles. The molecule has 118 valence electrons. The molecule has 0 heterocycles. The lowest BCUT2D eigenvalue weighted by Gasteiger charge is -2.27. The summed E-state index contributed by atoms with van der Waals surface area (Å²) >= 11 is 11.8. The van der Waals surface area contributed by atoms with E-state index >= 15 is 0 Å². The van der Waals surface area contributed by atoms with Crippen LogP contribution in [0.2, 0.25) is 10.0 Å². The van der Waals surface area contributed by atoms with Crippen LogP contribution in [0.5, 0.6) is 0 Å². The molecular weight excluding hydrogens is 335 g/mol. The minimum Gasteiger partial charge on any atom is -0.396 e. The van der Waals surface area contributed by atoms with Crippen molar-refractivity contribution in [3.8, 4) is 0 Å². The highest BCUT2D eigenvalue weighted by molar-refractivity contribution is 7.89. The van der Waals surface area contributed by atoms with Gasteiger partial charge in [-0.05, 0) is 30.9 Å². The number of hydrogen-bond acceptors (Lipinski definition) is 4. The lowest BCUT2D eigenvalue weighted by atomic mass is 9.87. The number of nitrogens with two attached hydrogens (primary N) is 1. The summed E-state index contributed by atoms with van der Waals surface area (Å²) in [5, 5.41) is 10.00. The molecule has 1 aliphatic carbocycles. The maximum absolute atomic E-state index is 12.3. The lowest BCUT2D eigenvalue weighted by molar-refractivity contribution is 0.0724. The van der Waals surface area contributed by atoms with E-state index < -0.39 is 16.1 Å². The van der Waals surface area contributed by atoms with Gasteiger partial charge in [0.2, 0.25) is 10.0 Å². The summed E-state index contributed by atoms with van der Waals surface area (Å²) in [6, 6.07) is 2.72. The van der Waals surface area contributed by atoms with Crippen LogP contribution in [-0.4, -0.2) is 26.2 Å². The fourth-order valence-electron chi connectivity index (χ4n) is 2.48. The minimum atomic E-state index is -3.78. The second kappa shape index (κ2) is 6.71. The molecule has 0 amide bonds. The third-order valence-corrected chi connectivity index (χ3v) is 6.10. The van der Waals surface area contributed by atoms with Gasteiger partial charge in [-0.15, -0.1) is 0 Å². The average Bonchev–Trinajstić information content (AvgIpc) is 2.44. The number of aliphatic hydroxyl groups is 1. The summed E-state index contributed by atoms with van der Waals surface area (Å²) in [6.07, 6.45) is 3.02. The Morgan fingerprint density at radius 1 is 1.29 bits per heavy atom. The molecule has 2 unspecified atom stereocenters. The van der Waals surface area contributed by atoms with Crippen LogP contribution in [0.15, 0.2) is 17.0 Å². The Labute approximate surface area is 134 Å². The van der Waals surface area contributed by atoms with E-state index in [1.54, 1.807) is 0 Å². The van der Waals surface area contributed by atoms with Crippen molar-refractivity contribution in [2.24, 2.45) is 5.92 Å². The first-order chi connectivity index (χ1) is 9.83. The van der Waals surface area contributed by atoms with Gasteiger partial charge >= 0.3 is 0 Å². The number of anilines is 1. The summed E-state index contributed by atoms with van der Waals surface area (Å²) in [7, 11) is -3.78. The molecule has 0 radical (unpaired) electrons. The number of hydrogen-bond donors (Lipinski definition) is 3. The fraction of sp³-hybridized carbons (Fsp3) is 0.538. The van der Waals surface area contributed by atoms with Crippen LogP contribution >= 0.6 is 23.2 Å². The largest absolute Gasteiger partial charge is 0.396 e. The van der Waals surface area contributed by atoms with Crippen LogP contribution < -0.4 is 10.5 Å². The van der Waals surface area contributed by atoms with Crippen molar-refractivity contribution in [3.63, 3.8) is 0 Å². The Bertz CT molecular complexity index is 622. The molecule has 4 N–H and O–H groups in total. The van der Waals surface area contributed by atoms with Gasteiger partial charge < -0.3 is 10.8 Å². The van der Waals surface area contributed by atoms with E-state index in [0.717, 1.165) is 19.3 Å². The molecule has 1 aliphatic rings. The Balaban J connectivity index is 2.13. The van der Waals surface area contributed by atoms with Gasteiger partial charge in [0.15, 0.2) is 0 Å². The monoisotopic (exact) mass is 352 g/mol. The fourth-order valence-corrected chi connectivity index (χ4v) is 4.34. The van der Waals surface area contributed by atoms with E-state index in [4.69, 9.17) is 28.9 Å². The van der Waals surface area contributed by atoms with Crippen LogP contribution in [0, 0.1) is 5.92 Å². The second-order valence-electron chi connectivity index (χ2n) is 5.24. The Morgan fingerprint density at radius 3 is 2.62 bits per heavy atom. The first kappa shape index (κ1) is 16.8. The SMILES string of the molecule is Nc1c(Cl)ccc(S(=O)(=O)NCC2CCCCC2O)c1Cl. The summed E-state index contributed by atoms with van der Waals surface area (Å²) in [4.78, 5) is -0.101. The number of halogens is 2. The first-order valence-corrected chi connectivity index (χ1v) is 8.98. The van der Waals surface area contributed by atoms with Crippen molar-refractivity contribution in [3.05, 3.63) is 22.2 Å². The predicted molar refractivity (Wildman–Crippen MR) is 84.0 cm³/mol. The first-order valence-electron chi connectivity index (χ1n) is 6.74. The van der Waals surface area contributed by atoms with Gasteiger partial charge in [-0.1, -0.05) is 36.0 Å². The van der Waals surface area contributed by atoms with Crippen LogP contribution in [0.1, 0.15) is 25.7 Å². The third-order valence-electron chi connectivity index (χ3n) is 3.79. The molecule has 0 bridgehead atoms.